The molecule has 6 nitrogen and oxygen atoms in total. The molecule has 0 saturated heterocycles. The van der Waals surface area contributed by atoms with Crippen molar-refractivity contribution in [2.24, 2.45) is 0 Å². The van der Waals surface area contributed by atoms with Crippen LogP contribution in [-0.2, 0) is 4.79 Å². The molecule has 1 aliphatic carbocycles. The lowest BCUT2D eigenvalue weighted by molar-refractivity contribution is -0.115. The van der Waals surface area contributed by atoms with Crippen LogP contribution in [0.3, 0.4) is 0 Å². The summed E-state index contributed by atoms with van der Waals surface area (Å²) in [5, 5.41) is 14.9. The molecular weight excluding hydrogens is 406 g/mol. The van der Waals surface area contributed by atoms with Crippen molar-refractivity contribution < 1.29 is 18.3 Å². The summed E-state index contributed by atoms with van der Waals surface area (Å²) in [5.41, 5.74) is 0.510. The first-order valence-electron chi connectivity index (χ1n) is 9.12. The van der Waals surface area contributed by atoms with Crippen LogP contribution in [0.4, 0.5) is 19.6 Å². The predicted octanol–water partition coefficient (Wildman–Crippen LogP) is 5.00. The molecule has 1 unspecified atom stereocenters. The average Bonchev–Trinajstić information content (AvgIpc) is 3.10. The van der Waals surface area contributed by atoms with Crippen molar-refractivity contribution in [2.45, 2.75) is 61.3 Å². The average molecular weight is 429 g/mol. The number of carbonyl (C=O) groups is 1. The van der Waals surface area contributed by atoms with E-state index in [1.54, 1.807) is 6.92 Å². The van der Waals surface area contributed by atoms with Crippen LogP contribution in [0.5, 0.6) is 5.75 Å². The molecule has 1 saturated carbocycles. The molecule has 3 rings (SSSR count). The van der Waals surface area contributed by atoms with Crippen LogP contribution in [-0.4, -0.2) is 34.0 Å². The summed E-state index contributed by atoms with van der Waals surface area (Å²) in [6.07, 6.45) is 6.09. The van der Waals surface area contributed by atoms with Crippen molar-refractivity contribution in [3.63, 3.8) is 0 Å². The highest BCUT2D eigenvalue weighted by Crippen LogP contribution is 2.31. The maximum absolute atomic E-state index is 12.4. The zero-order valence-electron chi connectivity index (χ0n) is 15.4. The number of nitrogens with one attached hydrogen (secondary N) is 2. The van der Waals surface area contributed by atoms with Gasteiger partial charge in [0.25, 0.3) is 0 Å². The van der Waals surface area contributed by atoms with Crippen LogP contribution in [0.15, 0.2) is 28.6 Å². The highest BCUT2D eigenvalue weighted by molar-refractivity contribution is 8.02. The van der Waals surface area contributed by atoms with E-state index < -0.39 is 6.61 Å². The number of halogens is 2. The van der Waals surface area contributed by atoms with E-state index in [0.717, 1.165) is 22.3 Å². The van der Waals surface area contributed by atoms with Gasteiger partial charge in [-0.1, -0.05) is 42.4 Å². The fourth-order valence-corrected chi connectivity index (χ4v) is 4.88. The number of anilines is 2. The molecule has 0 radical (unpaired) electrons. The number of nitrogens with zero attached hydrogens (tertiary/aromatic N) is 2. The van der Waals surface area contributed by atoms with E-state index in [1.807, 2.05) is 0 Å². The number of carbonyl (C=O) groups excluding carboxylic acids is 1. The van der Waals surface area contributed by atoms with Gasteiger partial charge in [-0.3, -0.25) is 4.79 Å². The van der Waals surface area contributed by atoms with Crippen molar-refractivity contribution in [1.82, 2.24) is 10.2 Å². The number of aromatic nitrogens is 2. The molecule has 0 bridgehead atoms. The topological polar surface area (TPSA) is 76.1 Å². The zero-order chi connectivity index (χ0) is 19.9. The number of hydrogen-bond acceptors (Lipinski definition) is 7. The van der Waals surface area contributed by atoms with Gasteiger partial charge in [0.1, 0.15) is 5.75 Å². The maximum Gasteiger partial charge on any atom is 0.387 e. The zero-order valence-corrected chi connectivity index (χ0v) is 17.0. The summed E-state index contributed by atoms with van der Waals surface area (Å²) in [6, 6.07) is 6.26. The van der Waals surface area contributed by atoms with Gasteiger partial charge in [-0.2, -0.15) is 8.78 Å². The van der Waals surface area contributed by atoms with E-state index in [-0.39, 0.29) is 16.9 Å². The van der Waals surface area contributed by atoms with Gasteiger partial charge >= 0.3 is 6.61 Å². The fraction of sp³-hybridized carbons (Fsp3) is 0.500. The van der Waals surface area contributed by atoms with E-state index in [1.165, 1.54) is 66.6 Å². The van der Waals surface area contributed by atoms with Gasteiger partial charge in [0.15, 0.2) is 4.34 Å². The third-order valence-electron chi connectivity index (χ3n) is 4.33. The smallest absolute Gasteiger partial charge is 0.387 e. The van der Waals surface area contributed by atoms with E-state index in [9.17, 15) is 13.6 Å². The summed E-state index contributed by atoms with van der Waals surface area (Å²) >= 11 is 2.78. The van der Waals surface area contributed by atoms with Crippen LogP contribution in [0.1, 0.15) is 39.0 Å². The first-order chi connectivity index (χ1) is 13.5. The van der Waals surface area contributed by atoms with Crippen LogP contribution >= 0.6 is 23.1 Å². The number of alkyl halides is 2. The number of benzene rings is 1. The Labute approximate surface area is 170 Å². The first kappa shape index (κ1) is 20.8. The SMILES string of the molecule is CC(Sc1nnc(NC2CCCCC2)s1)C(=O)Nc1ccc(OC(F)F)cc1. The molecule has 152 valence electrons. The number of thioether (sulfide) groups is 1. The number of amides is 1. The lowest BCUT2D eigenvalue weighted by Crippen LogP contribution is -2.22. The Hall–Kier alpha value is -1.94. The fourth-order valence-electron chi connectivity index (χ4n) is 2.91. The third-order valence-corrected chi connectivity index (χ3v) is 6.37. The van der Waals surface area contributed by atoms with E-state index in [0.29, 0.717) is 11.7 Å². The van der Waals surface area contributed by atoms with Crippen LogP contribution < -0.4 is 15.4 Å². The van der Waals surface area contributed by atoms with Crippen molar-refractivity contribution in [3.8, 4) is 5.75 Å². The summed E-state index contributed by atoms with van der Waals surface area (Å²) in [6.45, 7) is -1.09. The minimum atomic E-state index is -2.87. The molecule has 0 spiro atoms. The van der Waals surface area contributed by atoms with Gasteiger partial charge in [0.05, 0.1) is 5.25 Å². The first-order valence-corrected chi connectivity index (χ1v) is 10.8. The Morgan fingerprint density at radius 3 is 2.61 bits per heavy atom. The summed E-state index contributed by atoms with van der Waals surface area (Å²) in [5.74, 6) is -0.160. The Kier molecular flexibility index (Phi) is 7.43. The van der Waals surface area contributed by atoms with Gasteiger partial charge in [-0.05, 0) is 44.0 Å². The van der Waals surface area contributed by atoms with E-state index in [4.69, 9.17) is 0 Å². The van der Waals surface area contributed by atoms with Gasteiger partial charge in [-0.15, -0.1) is 10.2 Å². The molecule has 2 N–H and O–H groups in total. The van der Waals surface area contributed by atoms with Crippen molar-refractivity contribution >= 4 is 39.8 Å². The van der Waals surface area contributed by atoms with Gasteiger partial charge in [-0.25, -0.2) is 0 Å². The molecule has 1 fully saturated rings. The highest BCUT2D eigenvalue weighted by Gasteiger charge is 2.19. The Bertz CT molecular complexity index is 767. The molecule has 28 heavy (non-hydrogen) atoms. The largest absolute Gasteiger partial charge is 0.435 e. The van der Waals surface area contributed by atoms with Crippen LogP contribution in [0, 0.1) is 0 Å². The molecule has 10 heteroatoms. The standard InChI is InChI=1S/C18H22F2N4O2S2/c1-11(15(25)21-13-7-9-14(10-8-13)26-16(19)20)27-18-24-23-17(28-18)22-12-5-3-2-4-6-12/h7-12,16H,2-6H2,1H3,(H,21,25)(H,22,23). The Morgan fingerprint density at radius 2 is 1.93 bits per heavy atom. The Balaban J connectivity index is 1.48. The monoisotopic (exact) mass is 428 g/mol. The van der Waals surface area contributed by atoms with Crippen molar-refractivity contribution in [1.29, 1.82) is 0 Å². The van der Waals surface area contributed by atoms with E-state index >= 15 is 0 Å². The quantitative estimate of drug-likeness (QED) is 0.576. The molecule has 1 aromatic carbocycles. The predicted molar refractivity (Wildman–Crippen MR) is 107 cm³/mol. The molecular formula is C18H22F2N4O2S2. The van der Waals surface area contributed by atoms with Crippen LogP contribution in [0.25, 0.3) is 0 Å². The lowest BCUT2D eigenvalue weighted by Gasteiger charge is -2.21. The normalized spacial score (nSPS) is 16.0. The number of hydrogen-bond donors (Lipinski definition) is 2. The summed E-state index contributed by atoms with van der Waals surface area (Å²) in [4.78, 5) is 12.4. The molecule has 1 atom stereocenters. The minimum Gasteiger partial charge on any atom is -0.435 e. The van der Waals surface area contributed by atoms with E-state index in [2.05, 4.69) is 25.6 Å². The van der Waals surface area contributed by atoms with Gasteiger partial charge < -0.3 is 15.4 Å². The summed E-state index contributed by atoms with van der Waals surface area (Å²) in [7, 11) is 0. The van der Waals surface area contributed by atoms with Crippen molar-refractivity contribution in [2.75, 3.05) is 10.6 Å². The maximum atomic E-state index is 12.4. The molecule has 1 aromatic heterocycles. The molecule has 2 aromatic rings. The second-order valence-corrected chi connectivity index (χ2v) is 9.07. The second kappa shape index (κ2) is 10.0. The Morgan fingerprint density at radius 1 is 1.21 bits per heavy atom. The lowest BCUT2D eigenvalue weighted by atomic mass is 9.96. The van der Waals surface area contributed by atoms with Gasteiger partial charge in [0.2, 0.25) is 11.0 Å². The highest BCUT2D eigenvalue weighted by atomic mass is 32.2. The third kappa shape index (κ3) is 6.30. The minimum absolute atomic E-state index is 0.0438. The number of rotatable bonds is 8. The second-order valence-electron chi connectivity index (χ2n) is 6.50. The summed E-state index contributed by atoms with van der Waals surface area (Å²) < 4.78 is 29.3. The molecule has 1 heterocycles. The number of ether oxygens (including phenoxy) is 1. The molecule has 0 aliphatic heterocycles. The van der Waals surface area contributed by atoms with Gasteiger partial charge in [0, 0.05) is 11.7 Å². The molecule has 1 amide bonds. The van der Waals surface area contributed by atoms with Crippen molar-refractivity contribution in [3.05, 3.63) is 24.3 Å². The molecule has 1 aliphatic rings. The van der Waals surface area contributed by atoms with Crippen LogP contribution in [0.2, 0.25) is 0 Å².